The molecular weight excluding hydrogens is 316 g/mol. The molecule has 7 nitrogen and oxygen atoms in total. The van der Waals surface area contributed by atoms with E-state index < -0.39 is 0 Å². The van der Waals surface area contributed by atoms with Gasteiger partial charge in [0.05, 0.1) is 18.1 Å². The molecule has 1 amide bonds. The molecule has 2 aliphatic rings. The summed E-state index contributed by atoms with van der Waals surface area (Å²) in [5.41, 5.74) is 1.62. The fraction of sp³-hybridized carbons (Fsp3) is 0.444. The number of nitrogens with zero attached hydrogens (tertiary/aromatic N) is 5. The Labute approximate surface area is 147 Å². The van der Waals surface area contributed by atoms with Crippen molar-refractivity contribution < 1.29 is 4.79 Å². The van der Waals surface area contributed by atoms with Crippen LogP contribution in [0, 0.1) is 0 Å². The number of pyridine rings is 1. The van der Waals surface area contributed by atoms with E-state index in [0.29, 0.717) is 25.0 Å². The van der Waals surface area contributed by atoms with E-state index >= 15 is 0 Å². The summed E-state index contributed by atoms with van der Waals surface area (Å²) in [6, 6.07) is 4.24. The second kappa shape index (κ2) is 6.66. The average molecular weight is 338 g/mol. The SMILES string of the molecule is CN1C(=O)CCN(C2CCCC2)c2nc(Nc3cccnc3)ncc21. The molecular formula is C18H22N6O. The molecule has 0 aromatic carbocycles. The van der Waals surface area contributed by atoms with Crippen LogP contribution in [0.1, 0.15) is 32.1 Å². The summed E-state index contributed by atoms with van der Waals surface area (Å²) in [6.07, 6.45) is 10.5. The molecule has 1 saturated carbocycles. The number of carbonyl (C=O) groups is 1. The van der Waals surface area contributed by atoms with Crippen LogP contribution >= 0.6 is 0 Å². The van der Waals surface area contributed by atoms with Crippen molar-refractivity contribution in [3.05, 3.63) is 30.7 Å². The quantitative estimate of drug-likeness (QED) is 0.927. The minimum Gasteiger partial charge on any atom is -0.351 e. The average Bonchev–Trinajstić information content (AvgIpc) is 3.13. The summed E-state index contributed by atoms with van der Waals surface area (Å²) in [5.74, 6) is 1.48. The molecule has 1 N–H and O–H groups in total. The number of amides is 1. The van der Waals surface area contributed by atoms with E-state index in [4.69, 9.17) is 4.98 Å². The Morgan fingerprint density at radius 3 is 2.84 bits per heavy atom. The summed E-state index contributed by atoms with van der Waals surface area (Å²) in [4.78, 5) is 29.6. The van der Waals surface area contributed by atoms with Gasteiger partial charge in [0.25, 0.3) is 0 Å². The topological polar surface area (TPSA) is 74.2 Å². The summed E-state index contributed by atoms with van der Waals surface area (Å²) >= 11 is 0. The van der Waals surface area contributed by atoms with E-state index in [1.165, 1.54) is 12.8 Å². The van der Waals surface area contributed by atoms with Crippen molar-refractivity contribution in [2.24, 2.45) is 0 Å². The fourth-order valence-electron chi connectivity index (χ4n) is 3.64. The van der Waals surface area contributed by atoms with Crippen LogP contribution in [0.25, 0.3) is 0 Å². The lowest BCUT2D eigenvalue weighted by Crippen LogP contribution is -2.34. The van der Waals surface area contributed by atoms with Crippen molar-refractivity contribution in [2.75, 3.05) is 28.7 Å². The third-order valence-electron chi connectivity index (χ3n) is 5.01. The van der Waals surface area contributed by atoms with E-state index in [1.54, 1.807) is 30.5 Å². The molecule has 1 fully saturated rings. The minimum atomic E-state index is 0.110. The van der Waals surface area contributed by atoms with Gasteiger partial charge in [0.2, 0.25) is 11.9 Å². The van der Waals surface area contributed by atoms with Crippen LogP contribution < -0.4 is 15.1 Å². The molecule has 0 atom stereocenters. The van der Waals surface area contributed by atoms with Crippen LogP contribution in [0.4, 0.5) is 23.1 Å². The lowest BCUT2D eigenvalue weighted by atomic mass is 10.2. The highest BCUT2D eigenvalue weighted by Crippen LogP contribution is 2.36. The van der Waals surface area contributed by atoms with Crippen LogP contribution in [-0.4, -0.2) is 40.5 Å². The third-order valence-corrected chi connectivity index (χ3v) is 5.01. The van der Waals surface area contributed by atoms with Gasteiger partial charge in [-0.1, -0.05) is 12.8 Å². The largest absolute Gasteiger partial charge is 0.351 e. The van der Waals surface area contributed by atoms with E-state index in [2.05, 4.69) is 20.2 Å². The molecule has 0 spiro atoms. The van der Waals surface area contributed by atoms with Gasteiger partial charge in [-0.15, -0.1) is 0 Å². The molecule has 0 bridgehead atoms. The fourth-order valence-corrected chi connectivity index (χ4v) is 3.64. The van der Waals surface area contributed by atoms with Crippen LogP contribution in [0.2, 0.25) is 0 Å². The first-order valence-corrected chi connectivity index (χ1v) is 8.79. The van der Waals surface area contributed by atoms with Gasteiger partial charge in [0.15, 0.2) is 5.82 Å². The number of hydrogen-bond donors (Lipinski definition) is 1. The molecule has 0 radical (unpaired) electrons. The van der Waals surface area contributed by atoms with E-state index in [9.17, 15) is 4.79 Å². The predicted molar refractivity (Wildman–Crippen MR) is 97.2 cm³/mol. The van der Waals surface area contributed by atoms with Gasteiger partial charge in [0.1, 0.15) is 5.69 Å². The first-order valence-electron chi connectivity index (χ1n) is 8.79. The number of fused-ring (bicyclic) bond motifs is 1. The van der Waals surface area contributed by atoms with E-state index in [-0.39, 0.29) is 5.91 Å². The second-order valence-corrected chi connectivity index (χ2v) is 6.60. The van der Waals surface area contributed by atoms with Crippen molar-refractivity contribution in [1.82, 2.24) is 15.0 Å². The molecule has 3 heterocycles. The zero-order valence-electron chi connectivity index (χ0n) is 14.4. The maximum atomic E-state index is 12.3. The maximum absolute atomic E-state index is 12.3. The Balaban J connectivity index is 1.71. The van der Waals surface area contributed by atoms with E-state index in [0.717, 1.165) is 30.0 Å². The molecule has 0 saturated heterocycles. The van der Waals surface area contributed by atoms with Gasteiger partial charge in [-0.3, -0.25) is 9.78 Å². The van der Waals surface area contributed by atoms with Gasteiger partial charge in [-0.2, -0.15) is 4.98 Å². The predicted octanol–water partition coefficient (Wildman–Crippen LogP) is 2.73. The first kappa shape index (κ1) is 15.8. The summed E-state index contributed by atoms with van der Waals surface area (Å²) in [5, 5.41) is 3.20. The van der Waals surface area contributed by atoms with Crippen molar-refractivity contribution in [3.63, 3.8) is 0 Å². The smallest absolute Gasteiger partial charge is 0.229 e. The van der Waals surface area contributed by atoms with Gasteiger partial charge < -0.3 is 15.1 Å². The highest BCUT2D eigenvalue weighted by molar-refractivity contribution is 5.97. The molecule has 2 aromatic rings. The number of aromatic nitrogens is 3. The number of anilines is 4. The third kappa shape index (κ3) is 3.14. The number of nitrogens with one attached hydrogen (secondary N) is 1. The van der Waals surface area contributed by atoms with Gasteiger partial charge in [-0.05, 0) is 25.0 Å². The summed E-state index contributed by atoms with van der Waals surface area (Å²) in [6.45, 7) is 0.712. The Morgan fingerprint density at radius 2 is 2.08 bits per heavy atom. The number of rotatable bonds is 3. The lowest BCUT2D eigenvalue weighted by Gasteiger charge is -2.30. The van der Waals surface area contributed by atoms with Gasteiger partial charge in [-0.25, -0.2) is 4.98 Å². The molecule has 1 aliphatic heterocycles. The van der Waals surface area contributed by atoms with Crippen molar-refractivity contribution in [3.8, 4) is 0 Å². The van der Waals surface area contributed by atoms with Crippen molar-refractivity contribution in [1.29, 1.82) is 0 Å². The normalized spacial score (nSPS) is 18.2. The molecule has 1 aliphatic carbocycles. The van der Waals surface area contributed by atoms with Crippen molar-refractivity contribution >= 4 is 29.0 Å². The maximum Gasteiger partial charge on any atom is 0.229 e. The molecule has 7 heteroatoms. The Bertz CT molecular complexity index is 759. The second-order valence-electron chi connectivity index (χ2n) is 6.60. The molecule has 2 aromatic heterocycles. The zero-order valence-corrected chi connectivity index (χ0v) is 14.4. The highest BCUT2D eigenvalue weighted by Gasteiger charge is 2.31. The molecule has 130 valence electrons. The standard InChI is InChI=1S/C18H22N6O/c1-23-15-12-20-18(21-13-5-4-9-19-11-13)22-17(15)24(10-8-16(23)25)14-6-2-3-7-14/h4-5,9,11-12,14H,2-3,6-8,10H2,1H3,(H,20,21,22). The van der Waals surface area contributed by atoms with Gasteiger partial charge in [0, 0.05) is 32.3 Å². The molecule has 0 unspecified atom stereocenters. The van der Waals surface area contributed by atoms with Crippen molar-refractivity contribution in [2.45, 2.75) is 38.1 Å². The van der Waals surface area contributed by atoms with Crippen LogP contribution in [0.15, 0.2) is 30.7 Å². The zero-order chi connectivity index (χ0) is 17.2. The van der Waals surface area contributed by atoms with E-state index in [1.807, 2.05) is 12.1 Å². The summed E-state index contributed by atoms with van der Waals surface area (Å²) < 4.78 is 0. The molecule has 4 rings (SSSR count). The molecule has 25 heavy (non-hydrogen) atoms. The summed E-state index contributed by atoms with van der Waals surface area (Å²) in [7, 11) is 1.80. The van der Waals surface area contributed by atoms with Gasteiger partial charge >= 0.3 is 0 Å². The highest BCUT2D eigenvalue weighted by atomic mass is 16.2. The van der Waals surface area contributed by atoms with Crippen LogP contribution in [0.3, 0.4) is 0 Å². The number of hydrogen-bond acceptors (Lipinski definition) is 6. The Morgan fingerprint density at radius 1 is 1.24 bits per heavy atom. The monoisotopic (exact) mass is 338 g/mol. The van der Waals surface area contributed by atoms with Crippen LogP contribution in [0.5, 0.6) is 0 Å². The number of carbonyl (C=O) groups excluding carboxylic acids is 1. The van der Waals surface area contributed by atoms with Crippen LogP contribution in [-0.2, 0) is 4.79 Å². The first-order chi connectivity index (χ1) is 12.2. The lowest BCUT2D eigenvalue weighted by molar-refractivity contribution is -0.118. The Kier molecular flexibility index (Phi) is 4.21. The Hall–Kier alpha value is -2.70. The minimum absolute atomic E-state index is 0.110.